The third-order valence-corrected chi connectivity index (χ3v) is 3.38. The monoisotopic (exact) mass is 198 g/mol. The van der Waals surface area contributed by atoms with E-state index in [1.165, 1.54) is 11.1 Å². The average Bonchev–Trinajstić information content (AvgIpc) is 2.61. The lowest BCUT2D eigenvalue weighted by Crippen LogP contribution is -2.22. The molecule has 0 unspecified atom stereocenters. The smallest absolute Gasteiger partial charge is 0.0343 e. The molecular formula is C13H14N2. The third kappa shape index (κ3) is 1.33. The molecule has 76 valence electrons. The van der Waals surface area contributed by atoms with E-state index in [9.17, 15) is 0 Å². The lowest BCUT2D eigenvalue weighted by atomic mass is 9.74. The van der Waals surface area contributed by atoms with Crippen LogP contribution in [0.2, 0.25) is 0 Å². The molecule has 1 aliphatic heterocycles. The predicted octanol–water partition coefficient (Wildman–Crippen LogP) is 1.96. The van der Waals surface area contributed by atoms with E-state index < -0.39 is 0 Å². The van der Waals surface area contributed by atoms with Gasteiger partial charge in [0.2, 0.25) is 0 Å². The predicted molar refractivity (Wildman–Crippen MR) is 62.2 cm³/mol. The van der Waals surface area contributed by atoms with Crippen molar-refractivity contribution in [1.82, 2.24) is 10.3 Å². The summed E-state index contributed by atoms with van der Waals surface area (Å²) in [6, 6.07) is 2.17. The minimum absolute atomic E-state index is 0.715. The molecule has 0 saturated carbocycles. The second-order valence-corrected chi connectivity index (χ2v) is 4.26. The summed E-state index contributed by atoms with van der Waals surface area (Å²) < 4.78 is 0. The van der Waals surface area contributed by atoms with Gasteiger partial charge in [0.15, 0.2) is 0 Å². The van der Waals surface area contributed by atoms with Gasteiger partial charge in [0.25, 0.3) is 0 Å². The zero-order valence-electron chi connectivity index (χ0n) is 8.61. The van der Waals surface area contributed by atoms with Crippen molar-refractivity contribution in [1.29, 1.82) is 0 Å². The molecule has 2 nitrogen and oxygen atoms in total. The molecule has 1 aliphatic carbocycles. The summed E-state index contributed by atoms with van der Waals surface area (Å²) >= 11 is 0. The SMILES string of the molecule is C=Cc1cncc(C2=C[C@@H]3CNC[C@H]23)c1. The number of pyridine rings is 1. The Morgan fingerprint density at radius 2 is 2.33 bits per heavy atom. The summed E-state index contributed by atoms with van der Waals surface area (Å²) in [5.41, 5.74) is 3.82. The van der Waals surface area contributed by atoms with Crippen LogP contribution < -0.4 is 5.32 Å². The highest BCUT2D eigenvalue weighted by Gasteiger charge is 2.36. The Hall–Kier alpha value is -1.41. The van der Waals surface area contributed by atoms with Gasteiger partial charge in [0.1, 0.15) is 0 Å². The van der Waals surface area contributed by atoms with Gasteiger partial charge in [-0.2, -0.15) is 0 Å². The molecule has 15 heavy (non-hydrogen) atoms. The molecule has 0 radical (unpaired) electrons. The van der Waals surface area contributed by atoms with Gasteiger partial charge in [-0.1, -0.05) is 18.7 Å². The van der Waals surface area contributed by atoms with Crippen LogP contribution in [0.4, 0.5) is 0 Å². The first-order valence-electron chi connectivity index (χ1n) is 5.39. The third-order valence-electron chi connectivity index (χ3n) is 3.38. The van der Waals surface area contributed by atoms with Crippen LogP contribution in [0, 0.1) is 11.8 Å². The first-order valence-corrected chi connectivity index (χ1v) is 5.39. The maximum Gasteiger partial charge on any atom is 0.0343 e. The van der Waals surface area contributed by atoms with E-state index in [0.29, 0.717) is 5.92 Å². The van der Waals surface area contributed by atoms with Crippen molar-refractivity contribution >= 4 is 11.6 Å². The Labute approximate surface area is 89.7 Å². The molecule has 1 aromatic rings. The van der Waals surface area contributed by atoms with E-state index in [-0.39, 0.29) is 0 Å². The topological polar surface area (TPSA) is 24.9 Å². The summed E-state index contributed by atoms with van der Waals surface area (Å²) in [4.78, 5) is 4.24. The van der Waals surface area contributed by atoms with Crippen molar-refractivity contribution in [3.8, 4) is 0 Å². The molecule has 0 spiro atoms. The molecule has 0 bridgehead atoms. The summed E-state index contributed by atoms with van der Waals surface area (Å²) in [5.74, 6) is 1.47. The Bertz CT molecular complexity index is 434. The van der Waals surface area contributed by atoms with Crippen LogP contribution >= 0.6 is 0 Å². The second kappa shape index (κ2) is 3.31. The minimum atomic E-state index is 0.715. The Kier molecular flexibility index (Phi) is 1.96. The molecule has 2 atom stereocenters. The second-order valence-electron chi connectivity index (χ2n) is 4.26. The van der Waals surface area contributed by atoms with Crippen LogP contribution in [0.1, 0.15) is 11.1 Å². The van der Waals surface area contributed by atoms with Crippen molar-refractivity contribution in [3.63, 3.8) is 0 Å². The van der Waals surface area contributed by atoms with E-state index in [4.69, 9.17) is 0 Å². The van der Waals surface area contributed by atoms with Crippen molar-refractivity contribution in [3.05, 3.63) is 42.2 Å². The lowest BCUT2D eigenvalue weighted by Gasteiger charge is -2.29. The van der Waals surface area contributed by atoms with Gasteiger partial charge >= 0.3 is 0 Å². The molecule has 3 rings (SSSR count). The van der Waals surface area contributed by atoms with Crippen molar-refractivity contribution in [2.75, 3.05) is 13.1 Å². The summed E-state index contributed by atoms with van der Waals surface area (Å²) in [6.45, 7) is 6.03. The van der Waals surface area contributed by atoms with Crippen LogP contribution in [-0.4, -0.2) is 18.1 Å². The van der Waals surface area contributed by atoms with Crippen LogP contribution in [0.3, 0.4) is 0 Å². The van der Waals surface area contributed by atoms with Gasteiger partial charge in [-0.15, -0.1) is 0 Å². The standard InChI is InChI=1S/C13H14N2/c1-2-9-3-10(6-14-5-9)12-4-11-7-15-8-13(11)12/h2-6,11,13,15H,1,7-8H2/t11-,13+/m1/s1. The Morgan fingerprint density at radius 3 is 3.13 bits per heavy atom. The van der Waals surface area contributed by atoms with Crippen LogP contribution in [0.5, 0.6) is 0 Å². The molecule has 2 heterocycles. The van der Waals surface area contributed by atoms with Crippen molar-refractivity contribution in [2.24, 2.45) is 11.8 Å². The first kappa shape index (κ1) is 8.86. The van der Waals surface area contributed by atoms with Gasteiger partial charge in [-0.05, 0) is 28.7 Å². The molecule has 1 saturated heterocycles. The molecule has 0 amide bonds. The summed E-state index contributed by atoms with van der Waals surface area (Å²) in [7, 11) is 0. The molecule has 1 N–H and O–H groups in total. The molecule has 2 aliphatic rings. The lowest BCUT2D eigenvalue weighted by molar-refractivity contribution is 0.564. The number of nitrogens with one attached hydrogen (secondary N) is 1. The van der Waals surface area contributed by atoms with Gasteiger partial charge in [0, 0.05) is 31.4 Å². The van der Waals surface area contributed by atoms with E-state index in [2.05, 4.69) is 29.0 Å². The number of nitrogens with zero attached hydrogens (tertiary/aromatic N) is 1. The summed E-state index contributed by atoms with van der Waals surface area (Å²) in [5, 5.41) is 3.42. The van der Waals surface area contributed by atoms with Crippen LogP contribution in [-0.2, 0) is 0 Å². The zero-order valence-corrected chi connectivity index (χ0v) is 8.61. The van der Waals surface area contributed by atoms with Gasteiger partial charge in [0.05, 0.1) is 0 Å². The maximum atomic E-state index is 4.24. The van der Waals surface area contributed by atoms with E-state index in [1.807, 2.05) is 18.5 Å². The molecule has 1 aromatic heterocycles. The summed E-state index contributed by atoms with van der Waals surface area (Å²) in [6.07, 6.45) is 8.02. The fourth-order valence-electron chi connectivity index (χ4n) is 2.49. The highest BCUT2D eigenvalue weighted by Crippen LogP contribution is 2.42. The molecule has 0 aromatic carbocycles. The Morgan fingerprint density at radius 1 is 1.40 bits per heavy atom. The highest BCUT2D eigenvalue weighted by molar-refractivity contribution is 5.74. The zero-order chi connectivity index (χ0) is 10.3. The average molecular weight is 198 g/mol. The first-order chi connectivity index (χ1) is 7.38. The molecular weight excluding hydrogens is 184 g/mol. The normalized spacial score (nSPS) is 27.9. The van der Waals surface area contributed by atoms with E-state index in [0.717, 1.165) is 24.6 Å². The van der Waals surface area contributed by atoms with Crippen molar-refractivity contribution in [2.45, 2.75) is 0 Å². The molecule has 1 fully saturated rings. The fraction of sp³-hybridized carbons (Fsp3) is 0.308. The van der Waals surface area contributed by atoms with Crippen molar-refractivity contribution < 1.29 is 0 Å². The highest BCUT2D eigenvalue weighted by atomic mass is 14.9. The Balaban J connectivity index is 1.94. The number of fused-ring (bicyclic) bond motifs is 1. The van der Waals surface area contributed by atoms with Gasteiger partial charge in [-0.3, -0.25) is 4.98 Å². The molecule has 2 heteroatoms. The van der Waals surface area contributed by atoms with Gasteiger partial charge in [-0.25, -0.2) is 0 Å². The number of aromatic nitrogens is 1. The maximum absolute atomic E-state index is 4.24. The van der Waals surface area contributed by atoms with E-state index in [1.54, 1.807) is 0 Å². The largest absolute Gasteiger partial charge is 0.315 e. The minimum Gasteiger partial charge on any atom is -0.315 e. The number of hydrogen-bond donors (Lipinski definition) is 1. The van der Waals surface area contributed by atoms with Gasteiger partial charge < -0.3 is 5.32 Å². The van der Waals surface area contributed by atoms with E-state index >= 15 is 0 Å². The van der Waals surface area contributed by atoms with Crippen LogP contribution in [0.15, 0.2) is 31.1 Å². The fourth-order valence-corrected chi connectivity index (χ4v) is 2.49. The van der Waals surface area contributed by atoms with Crippen LogP contribution in [0.25, 0.3) is 11.6 Å². The number of hydrogen-bond acceptors (Lipinski definition) is 2. The number of rotatable bonds is 2. The quantitative estimate of drug-likeness (QED) is 0.785.